The molecule has 0 atom stereocenters. The van der Waals surface area contributed by atoms with Crippen LogP contribution in [-0.2, 0) is 0 Å². The monoisotopic (exact) mass is 132 g/mol. The Hall–Kier alpha value is -0.770. The van der Waals surface area contributed by atoms with E-state index in [4.69, 9.17) is 10.2 Å². The topological polar surface area (TPSA) is 53.6 Å². The molecule has 0 unspecified atom stereocenters. The maximum absolute atomic E-state index is 8.63. The summed E-state index contributed by atoms with van der Waals surface area (Å²) in [4.78, 5) is 0.238. The molecule has 8 heavy (non-hydrogen) atoms. The molecule has 0 saturated heterocycles. The lowest BCUT2D eigenvalue weighted by Crippen LogP contribution is -1.55. The van der Waals surface area contributed by atoms with Crippen molar-refractivity contribution in [1.82, 2.24) is 0 Å². The van der Waals surface area contributed by atoms with Crippen LogP contribution in [0.5, 0.6) is 11.7 Å². The first-order chi connectivity index (χ1) is 3.72. The lowest BCUT2D eigenvalue weighted by Gasteiger charge is -1.81. The van der Waals surface area contributed by atoms with E-state index in [0.29, 0.717) is 0 Å². The molecule has 0 bridgehead atoms. The highest BCUT2D eigenvalue weighted by atomic mass is 32.1. The first kappa shape index (κ1) is 5.37. The third-order valence-electron chi connectivity index (χ3n) is 0.727. The van der Waals surface area contributed by atoms with Gasteiger partial charge in [0.1, 0.15) is 6.26 Å². The number of rotatable bonds is 0. The highest BCUT2D eigenvalue weighted by Gasteiger charge is 2.05. The van der Waals surface area contributed by atoms with Crippen LogP contribution >= 0.6 is 12.6 Å². The van der Waals surface area contributed by atoms with Crippen LogP contribution < -0.4 is 0 Å². The van der Waals surface area contributed by atoms with Crippen LogP contribution in [0.15, 0.2) is 15.6 Å². The molecule has 1 aromatic rings. The first-order valence-corrected chi connectivity index (χ1v) is 2.35. The quantitative estimate of drug-likeness (QED) is 0.461. The second-order valence-corrected chi connectivity index (χ2v) is 1.76. The predicted octanol–water partition coefficient (Wildman–Crippen LogP) is 0.980. The highest BCUT2D eigenvalue weighted by Crippen LogP contribution is 2.32. The maximum atomic E-state index is 8.63. The molecule has 0 fully saturated rings. The van der Waals surface area contributed by atoms with Gasteiger partial charge in [0.15, 0.2) is 0 Å². The van der Waals surface area contributed by atoms with E-state index in [1.54, 1.807) is 0 Å². The molecule has 4 heteroatoms. The average Bonchev–Trinajstić information content (AvgIpc) is 1.98. The van der Waals surface area contributed by atoms with Crippen molar-refractivity contribution in [2.75, 3.05) is 0 Å². The van der Waals surface area contributed by atoms with Crippen molar-refractivity contribution in [2.24, 2.45) is 0 Å². The summed E-state index contributed by atoms with van der Waals surface area (Å²) in [5, 5.41) is 17.1. The van der Waals surface area contributed by atoms with Crippen LogP contribution in [0.25, 0.3) is 0 Å². The molecule has 0 aliphatic carbocycles. The summed E-state index contributed by atoms with van der Waals surface area (Å²) in [6, 6.07) is 0. The van der Waals surface area contributed by atoms with Gasteiger partial charge in [-0.3, -0.25) is 0 Å². The van der Waals surface area contributed by atoms with Crippen LogP contribution in [0.1, 0.15) is 0 Å². The van der Waals surface area contributed by atoms with Gasteiger partial charge in [0.05, 0.1) is 4.90 Å². The minimum atomic E-state index is -0.491. The van der Waals surface area contributed by atoms with Gasteiger partial charge in [-0.15, -0.1) is 12.6 Å². The van der Waals surface area contributed by atoms with E-state index in [1.165, 1.54) is 0 Å². The fourth-order valence-corrected chi connectivity index (χ4v) is 0.481. The van der Waals surface area contributed by atoms with Crippen molar-refractivity contribution >= 4 is 12.6 Å². The zero-order valence-corrected chi connectivity index (χ0v) is 4.72. The van der Waals surface area contributed by atoms with E-state index in [0.717, 1.165) is 6.26 Å². The van der Waals surface area contributed by atoms with Crippen LogP contribution in [0.4, 0.5) is 0 Å². The molecule has 3 nitrogen and oxygen atoms in total. The molecule has 44 valence electrons. The van der Waals surface area contributed by atoms with Crippen LogP contribution in [-0.4, -0.2) is 10.2 Å². The summed E-state index contributed by atoms with van der Waals surface area (Å²) in [5.74, 6) is -0.802. The van der Waals surface area contributed by atoms with Crippen molar-refractivity contribution in [3.63, 3.8) is 0 Å². The maximum Gasteiger partial charge on any atom is 0.327 e. The second kappa shape index (κ2) is 1.63. The van der Waals surface area contributed by atoms with Gasteiger partial charge in [-0.1, -0.05) is 0 Å². The van der Waals surface area contributed by atoms with Crippen LogP contribution in [0, 0.1) is 0 Å². The third-order valence-corrected chi connectivity index (χ3v) is 1.04. The Morgan fingerprint density at radius 2 is 2.12 bits per heavy atom. The summed E-state index contributed by atoms with van der Waals surface area (Å²) in [7, 11) is 0. The molecule has 1 rings (SSSR count). The van der Waals surface area contributed by atoms with Gasteiger partial charge >= 0.3 is 5.95 Å². The van der Waals surface area contributed by atoms with E-state index in [9.17, 15) is 0 Å². The van der Waals surface area contributed by atoms with Crippen molar-refractivity contribution in [2.45, 2.75) is 4.90 Å². The SMILES string of the molecule is Oc1occ(S)c1O. The predicted molar refractivity (Wildman–Crippen MR) is 29.3 cm³/mol. The van der Waals surface area contributed by atoms with Gasteiger partial charge in [-0.05, 0) is 0 Å². The molecule has 0 aliphatic rings. The molecule has 0 saturated carbocycles. The molecule has 2 N–H and O–H groups in total. The summed E-state index contributed by atoms with van der Waals surface area (Å²) in [6.45, 7) is 0. The van der Waals surface area contributed by atoms with Crippen molar-refractivity contribution in [3.05, 3.63) is 6.26 Å². The van der Waals surface area contributed by atoms with Gasteiger partial charge in [-0.25, -0.2) is 0 Å². The zero-order chi connectivity index (χ0) is 6.15. The Labute approximate surface area is 51.0 Å². The Kier molecular flexibility index (Phi) is 1.09. The Balaban J connectivity index is 3.19. The summed E-state index contributed by atoms with van der Waals surface area (Å²) >= 11 is 3.71. The number of furan rings is 1. The van der Waals surface area contributed by atoms with E-state index in [-0.39, 0.29) is 10.6 Å². The lowest BCUT2D eigenvalue weighted by molar-refractivity contribution is 0.306. The number of hydrogen-bond donors (Lipinski definition) is 3. The van der Waals surface area contributed by atoms with E-state index in [2.05, 4.69) is 17.0 Å². The number of aromatic hydroxyl groups is 2. The van der Waals surface area contributed by atoms with E-state index in [1.807, 2.05) is 0 Å². The van der Waals surface area contributed by atoms with E-state index >= 15 is 0 Å². The van der Waals surface area contributed by atoms with E-state index < -0.39 is 5.95 Å². The molecule has 0 aromatic carbocycles. The molecule has 0 spiro atoms. The number of thiol groups is 1. The zero-order valence-electron chi connectivity index (χ0n) is 3.83. The van der Waals surface area contributed by atoms with Crippen molar-refractivity contribution in [3.8, 4) is 11.7 Å². The van der Waals surface area contributed by atoms with Gasteiger partial charge in [0, 0.05) is 0 Å². The molecular weight excluding hydrogens is 128 g/mol. The fourth-order valence-electron chi connectivity index (χ4n) is 0.333. The molecule has 0 radical (unpaired) electrons. The van der Waals surface area contributed by atoms with Gasteiger partial charge in [-0.2, -0.15) is 0 Å². The first-order valence-electron chi connectivity index (χ1n) is 1.90. The standard InChI is InChI=1S/C4H4O3S/c5-3-2(8)1-7-4(3)6/h1,5-6,8H. The van der Waals surface area contributed by atoms with Crippen LogP contribution in [0.2, 0.25) is 0 Å². The Morgan fingerprint density at radius 3 is 2.25 bits per heavy atom. The third kappa shape index (κ3) is 0.626. The Morgan fingerprint density at radius 1 is 1.50 bits per heavy atom. The summed E-state index contributed by atoms with van der Waals surface area (Å²) < 4.78 is 4.32. The molecular formula is C4H4O3S. The normalized spacial score (nSPS) is 9.62. The summed E-state index contributed by atoms with van der Waals surface area (Å²) in [5.41, 5.74) is 0. The summed E-state index contributed by atoms with van der Waals surface area (Å²) in [6.07, 6.45) is 1.15. The lowest BCUT2D eigenvalue weighted by atomic mass is 10.6. The second-order valence-electron chi connectivity index (χ2n) is 1.27. The Bertz CT molecular complexity index is 174. The fraction of sp³-hybridized carbons (Fsp3) is 0. The average molecular weight is 132 g/mol. The van der Waals surface area contributed by atoms with Gasteiger partial charge < -0.3 is 14.6 Å². The molecule has 1 aromatic heterocycles. The van der Waals surface area contributed by atoms with Crippen molar-refractivity contribution < 1.29 is 14.6 Å². The molecule has 1 heterocycles. The van der Waals surface area contributed by atoms with Crippen LogP contribution in [0.3, 0.4) is 0 Å². The van der Waals surface area contributed by atoms with Gasteiger partial charge in [0.25, 0.3) is 0 Å². The van der Waals surface area contributed by atoms with Crippen molar-refractivity contribution in [1.29, 1.82) is 0 Å². The minimum absolute atomic E-state index is 0.238. The number of hydrogen-bond acceptors (Lipinski definition) is 4. The highest BCUT2D eigenvalue weighted by molar-refractivity contribution is 7.80. The minimum Gasteiger partial charge on any atom is -0.501 e. The smallest absolute Gasteiger partial charge is 0.327 e. The van der Waals surface area contributed by atoms with Gasteiger partial charge in [0.2, 0.25) is 5.75 Å². The molecule has 0 aliphatic heterocycles. The largest absolute Gasteiger partial charge is 0.501 e. The molecule has 0 amide bonds.